The summed E-state index contributed by atoms with van der Waals surface area (Å²) in [6, 6.07) is 15.6. The van der Waals surface area contributed by atoms with Gasteiger partial charge in [0.2, 0.25) is 5.91 Å². The van der Waals surface area contributed by atoms with Crippen molar-refractivity contribution in [3.05, 3.63) is 70.8 Å². The number of amides is 2. The van der Waals surface area contributed by atoms with Gasteiger partial charge < -0.3 is 4.74 Å². The molecule has 0 N–H and O–H groups in total. The molecule has 2 amide bonds. The summed E-state index contributed by atoms with van der Waals surface area (Å²) in [5.41, 5.74) is 3.01. The Morgan fingerprint density at radius 3 is 1.81 bits per heavy atom. The van der Waals surface area contributed by atoms with Crippen LogP contribution in [0.1, 0.15) is 49.4 Å². The quantitative estimate of drug-likeness (QED) is 0.769. The van der Waals surface area contributed by atoms with E-state index >= 15 is 0 Å². The van der Waals surface area contributed by atoms with Crippen molar-refractivity contribution in [3.63, 3.8) is 0 Å². The maximum atomic E-state index is 12.9. The van der Waals surface area contributed by atoms with Gasteiger partial charge in [0.15, 0.2) is 5.60 Å². The number of ether oxygens (including phenoxy) is 1. The highest BCUT2D eigenvalue weighted by Crippen LogP contribution is 2.47. The molecule has 4 nitrogen and oxygen atoms in total. The zero-order valence-corrected chi connectivity index (χ0v) is 16.7. The fraction of sp³-hybridized carbons (Fsp3) is 0.391. The summed E-state index contributed by atoms with van der Waals surface area (Å²) in [6.45, 7) is 9.87. The summed E-state index contributed by atoms with van der Waals surface area (Å²) in [7, 11) is 0. The van der Waals surface area contributed by atoms with Crippen LogP contribution < -0.4 is 0 Å². The summed E-state index contributed by atoms with van der Waals surface area (Å²) >= 11 is 0. The molecule has 1 aliphatic rings. The predicted octanol–water partition coefficient (Wildman–Crippen LogP) is 4.96. The van der Waals surface area contributed by atoms with Crippen molar-refractivity contribution < 1.29 is 14.3 Å². The van der Waals surface area contributed by atoms with E-state index in [1.54, 1.807) is 6.92 Å². The number of benzene rings is 2. The van der Waals surface area contributed by atoms with Gasteiger partial charge in [-0.15, -0.1) is 0 Å². The van der Waals surface area contributed by atoms with E-state index in [1.807, 2.05) is 76.2 Å². The molecule has 4 heteroatoms. The molecular formula is C23H27NO3. The first-order valence-corrected chi connectivity index (χ1v) is 9.50. The molecule has 1 heterocycles. The molecule has 0 radical (unpaired) electrons. The summed E-state index contributed by atoms with van der Waals surface area (Å²) in [5.74, 6) is -0.186. The maximum absolute atomic E-state index is 12.9. The molecule has 3 rings (SSSR count). The molecule has 0 spiro atoms. The minimum absolute atomic E-state index is 0.0227. The smallest absolute Gasteiger partial charge is 0.418 e. The number of hydrogen-bond acceptors (Lipinski definition) is 3. The van der Waals surface area contributed by atoms with Crippen LogP contribution in [0.4, 0.5) is 4.79 Å². The van der Waals surface area contributed by atoms with Crippen LogP contribution in [0.15, 0.2) is 48.5 Å². The molecule has 0 unspecified atom stereocenters. The Labute approximate surface area is 161 Å². The number of imide groups is 1. The third-order valence-corrected chi connectivity index (χ3v) is 5.30. The van der Waals surface area contributed by atoms with Crippen molar-refractivity contribution in [1.29, 1.82) is 0 Å². The third-order valence-electron chi connectivity index (χ3n) is 5.30. The monoisotopic (exact) mass is 365 g/mol. The van der Waals surface area contributed by atoms with Gasteiger partial charge in [-0.05, 0) is 19.8 Å². The normalized spacial score (nSPS) is 18.7. The fourth-order valence-corrected chi connectivity index (χ4v) is 3.97. The Bertz CT molecular complexity index is 791. The third kappa shape index (κ3) is 3.14. The second-order valence-corrected chi connectivity index (χ2v) is 7.64. The second kappa shape index (κ2) is 7.18. The molecule has 0 aromatic heterocycles. The Morgan fingerprint density at radius 2 is 1.44 bits per heavy atom. The average molecular weight is 365 g/mol. The zero-order chi connectivity index (χ0) is 19.8. The van der Waals surface area contributed by atoms with Gasteiger partial charge in [0.1, 0.15) is 0 Å². The number of hydrogen-bond donors (Lipinski definition) is 0. The Kier molecular flexibility index (Phi) is 5.09. The molecule has 0 aliphatic carbocycles. The summed E-state index contributed by atoms with van der Waals surface area (Å²) in [4.78, 5) is 26.8. The molecule has 27 heavy (non-hydrogen) atoms. The van der Waals surface area contributed by atoms with Gasteiger partial charge >= 0.3 is 6.09 Å². The molecule has 142 valence electrons. The summed E-state index contributed by atoms with van der Waals surface area (Å²) in [6.07, 6.45) is -0.308. The highest BCUT2D eigenvalue weighted by Gasteiger charge is 2.58. The zero-order valence-electron chi connectivity index (χ0n) is 16.7. The number of nitrogens with zero attached hydrogens (tertiary/aromatic N) is 1. The molecule has 1 atom stereocenters. The first kappa shape index (κ1) is 19.2. The minimum atomic E-state index is -1.02. The SMILES string of the molecule is CCC(=O)N1C(=O)OC(c2ccc(C)cc2)(c2ccc(C)cc2)[C@@H]1C(C)C. The van der Waals surface area contributed by atoms with Crippen LogP contribution in [0.5, 0.6) is 0 Å². The highest BCUT2D eigenvalue weighted by molar-refractivity contribution is 5.94. The van der Waals surface area contributed by atoms with E-state index in [0.29, 0.717) is 0 Å². The summed E-state index contributed by atoms with van der Waals surface area (Å²) < 4.78 is 6.08. The van der Waals surface area contributed by atoms with Crippen molar-refractivity contribution in [2.45, 2.75) is 52.7 Å². The lowest BCUT2D eigenvalue weighted by Crippen LogP contribution is -2.49. The molecule has 2 aromatic carbocycles. The summed E-state index contributed by atoms with van der Waals surface area (Å²) in [5, 5.41) is 0. The van der Waals surface area contributed by atoms with Crippen LogP contribution in [0.2, 0.25) is 0 Å². The maximum Gasteiger partial charge on any atom is 0.418 e. The van der Waals surface area contributed by atoms with Crippen molar-refractivity contribution >= 4 is 12.0 Å². The number of carbonyl (C=O) groups excluding carboxylic acids is 2. The van der Waals surface area contributed by atoms with Gasteiger partial charge in [0, 0.05) is 17.5 Å². The van der Waals surface area contributed by atoms with Gasteiger partial charge in [-0.2, -0.15) is 0 Å². The van der Waals surface area contributed by atoms with Crippen LogP contribution in [0, 0.1) is 19.8 Å². The van der Waals surface area contributed by atoms with Crippen LogP contribution in [0.25, 0.3) is 0 Å². The van der Waals surface area contributed by atoms with Crippen LogP contribution >= 0.6 is 0 Å². The van der Waals surface area contributed by atoms with E-state index in [9.17, 15) is 9.59 Å². The van der Waals surface area contributed by atoms with Gasteiger partial charge in [-0.25, -0.2) is 9.69 Å². The molecular weight excluding hydrogens is 338 g/mol. The Hall–Kier alpha value is -2.62. The molecule has 2 aromatic rings. The van der Waals surface area contributed by atoms with Crippen molar-refractivity contribution in [1.82, 2.24) is 4.90 Å². The van der Waals surface area contributed by atoms with Crippen LogP contribution in [-0.4, -0.2) is 22.9 Å². The standard InChI is InChI=1S/C23H27NO3/c1-6-20(25)24-21(15(2)3)23(27-22(24)26,18-11-7-16(4)8-12-18)19-13-9-17(5)10-14-19/h7-15,21H,6H2,1-5H3/t21-/m0/s1. The number of aryl methyl sites for hydroxylation is 2. The minimum Gasteiger partial charge on any atom is -0.430 e. The predicted molar refractivity (Wildman–Crippen MR) is 105 cm³/mol. The highest BCUT2D eigenvalue weighted by atomic mass is 16.6. The topological polar surface area (TPSA) is 46.6 Å². The fourth-order valence-electron chi connectivity index (χ4n) is 3.97. The Morgan fingerprint density at radius 1 is 1.00 bits per heavy atom. The largest absolute Gasteiger partial charge is 0.430 e. The van der Waals surface area contributed by atoms with Crippen LogP contribution in [0.3, 0.4) is 0 Å². The van der Waals surface area contributed by atoms with Gasteiger partial charge in [0.05, 0.1) is 6.04 Å². The van der Waals surface area contributed by atoms with E-state index in [-0.39, 0.29) is 18.2 Å². The number of carbonyl (C=O) groups is 2. The van der Waals surface area contributed by atoms with Gasteiger partial charge in [-0.1, -0.05) is 80.4 Å². The molecule has 1 fully saturated rings. The lowest BCUT2D eigenvalue weighted by atomic mass is 9.75. The first-order valence-electron chi connectivity index (χ1n) is 9.50. The average Bonchev–Trinajstić information content (AvgIpc) is 2.96. The van der Waals surface area contributed by atoms with Crippen molar-refractivity contribution in [3.8, 4) is 0 Å². The lowest BCUT2D eigenvalue weighted by Gasteiger charge is -2.37. The number of rotatable bonds is 4. The van der Waals surface area contributed by atoms with Gasteiger partial charge in [-0.3, -0.25) is 4.79 Å². The molecule has 0 saturated carbocycles. The van der Waals surface area contributed by atoms with E-state index in [2.05, 4.69) is 0 Å². The van der Waals surface area contributed by atoms with Crippen LogP contribution in [-0.2, 0) is 15.1 Å². The lowest BCUT2D eigenvalue weighted by molar-refractivity contribution is -0.130. The van der Waals surface area contributed by atoms with E-state index in [0.717, 1.165) is 22.3 Å². The van der Waals surface area contributed by atoms with Crippen molar-refractivity contribution in [2.75, 3.05) is 0 Å². The first-order chi connectivity index (χ1) is 12.8. The van der Waals surface area contributed by atoms with Gasteiger partial charge in [0.25, 0.3) is 0 Å². The number of cyclic esters (lactones) is 1. The second-order valence-electron chi connectivity index (χ2n) is 7.64. The van der Waals surface area contributed by atoms with Crippen molar-refractivity contribution in [2.24, 2.45) is 5.92 Å². The van der Waals surface area contributed by atoms with E-state index in [4.69, 9.17) is 4.74 Å². The van der Waals surface area contributed by atoms with E-state index in [1.165, 1.54) is 4.90 Å². The molecule has 0 bridgehead atoms. The molecule has 1 aliphatic heterocycles. The van der Waals surface area contributed by atoms with E-state index < -0.39 is 17.7 Å². The molecule has 1 saturated heterocycles. The Balaban J connectivity index is 2.28.